The molecule has 0 aliphatic rings. The molecular weight excluding hydrogens is 172 g/mol. The first-order valence-electron chi connectivity index (χ1n) is 4.87. The minimum atomic E-state index is 0.0706. The first kappa shape index (κ1) is 10.8. The van der Waals surface area contributed by atoms with Crippen molar-refractivity contribution >= 4 is 0 Å². The zero-order valence-corrected chi connectivity index (χ0v) is 9.16. The van der Waals surface area contributed by atoms with Crippen LogP contribution in [0.1, 0.15) is 32.4 Å². The Kier molecular flexibility index (Phi) is 3.34. The molecule has 1 heteroatoms. The average Bonchev–Trinajstić information content (AvgIpc) is 2.14. The fourth-order valence-corrected chi connectivity index (χ4v) is 1.51. The molecule has 0 saturated carbocycles. The Morgan fingerprint density at radius 1 is 1.21 bits per heavy atom. The molecule has 0 heterocycles. The van der Waals surface area contributed by atoms with Crippen LogP contribution < -0.4 is 0 Å². The van der Waals surface area contributed by atoms with E-state index in [4.69, 9.17) is 4.74 Å². The summed E-state index contributed by atoms with van der Waals surface area (Å²) in [5, 5.41) is 0. The van der Waals surface area contributed by atoms with Gasteiger partial charge in [-0.2, -0.15) is 0 Å². The monoisotopic (exact) mass is 190 g/mol. The van der Waals surface area contributed by atoms with E-state index in [0.717, 1.165) is 0 Å². The molecule has 0 saturated heterocycles. The summed E-state index contributed by atoms with van der Waals surface area (Å²) in [6.45, 7) is 10.1. The number of benzene rings is 1. The van der Waals surface area contributed by atoms with E-state index in [9.17, 15) is 0 Å². The average molecular weight is 190 g/mol. The third-order valence-electron chi connectivity index (χ3n) is 2.12. The Balaban J connectivity index is 2.95. The van der Waals surface area contributed by atoms with Gasteiger partial charge in [0.25, 0.3) is 0 Å². The van der Waals surface area contributed by atoms with Gasteiger partial charge in [-0.15, -0.1) is 0 Å². The maximum atomic E-state index is 5.56. The van der Waals surface area contributed by atoms with Crippen molar-refractivity contribution < 1.29 is 4.74 Å². The molecule has 1 rings (SSSR count). The van der Waals surface area contributed by atoms with E-state index in [0.29, 0.717) is 0 Å². The predicted octanol–water partition coefficient (Wildman–Crippen LogP) is 3.93. The lowest BCUT2D eigenvalue weighted by molar-refractivity contribution is 0.0454. The van der Waals surface area contributed by atoms with Crippen molar-refractivity contribution in [3.63, 3.8) is 0 Å². The highest BCUT2D eigenvalue weighted by molar-refractivity contribution is 5.19. The third kappa shape index (κ3) is 2.63. The minimum absolute atomic E-state index is 0.0706. The summed E-state index contributed by atoms with van der Waals surface area (Å²) in [5.74, 6) is 0. The summed E-state index contributed by atoms with van der Waals surface area (Å²) in [7, 11) is 0. The number of hydrogen-bond donors (Lipinski definition) is 0. The molecule has 0 aliphatic carbocycles. The largest absolute Gasteiger partial charge is 0.493 e. The van der Waals surface area contributed by atoms with Gasteiger partial charge < -0.3 is 4.74 Å². The molecule has 1 aromatic rings. The van der Waals surface area contributed by atoms with Crippen LogP contribution in [0.5, 0.6) is 0 Å². The van der Waals surface area contributed by atoms with Crippen molar-refractivity contribution in [3.8, 4) is 0 Å². The molecule has 0 amide bonds. The van der Waals surface area contributed by atoms with Gasteiger partial charge in [0.2, 0.25) is 0 Å². The zero-order chi connectivity index (χ0) is 10.6. The topological polar surface area (TPSA) is 9.23 Å². The van der Waals surface area contributed by atoms with Gasteiger partial charge in [0, 0.05) is 5.41 Å². The number of rotatable bonds is 3. The number of hydrogen-bond acceptors (Lipinski definition) is 1. The second-order valence-electron chi connectivity index (χ2n) is 4.46. The van der Waals surface area contributed by atoms with Crippen molar-refractivity contribution in [2.45, 2.75) is 26.9 Å². The molecule has 0 spiro atoms. The van der Waals surface area contributed by atoms with Crippen LogP contribution >= 0.6 is 0 Å². The second-order valence-corrected chi connectivity index (χ2v) is 4.46. The Bertz CT molecular complexity index is 282. The lowest BCUT2D eigenvalue weighted by atomic mass is 9.84. The zero-order valence-electron chi connectivity index (χ0n) is 9.16. The van der Waals surface area contributed by atoms with Crippen LogP contribution in [0.4, 0.5) is 0 Å². The highest BCUT2D eigenvalue weighted by Crippen LogP contribution is 2.35. The van der Waals surface area contributed by atoms with Crippen LogP contribution in [-0.4, -0.2) is 0 Å². The highest BCUT2D eigenvalue weighted by atomic mass is 16.5. The smallest absolute Gasteiger partial charge is 0.128 e. The maximum absolute atomic E-state index is 5.56. The molecule has 0 N–H and O–H groups in total. The molecule has 76 valence electrons. The van der Waals surface area contributed by atoms with Gasteiger partial charge in [0.1, 0.15) is 6.10 Å². The van der Waals surface area contributed by atoms with Crippen LogP contribution in [0.3, 0.4) is 0 Å². The molecule has 1 aromatic carbocycles. The molecule has 0 fully saturated rings. The van der Waals surface area contributed by atoms with Crippen molar-refractivity contribution in [1.82, 2.24) is 0 Å². The van der Waals surface area contributed by atoms with Gasteiger partial charge in [-0.3, -0.25) is 0 Å². The second kappa shape index (κ2) is 4.32. The molecular formula is C13H18O. The molecule has 0 aliphatic heterocycles. The first-order chi connectivity index (χ1) is 6.55. The Labute approximate surface area is 86.4 Å². The normalized spacial score (nSPS) is 13.4. The summed E-state index contributed by atoms with van der Waals surface area (Å²) in [6.07, 6.45) is 1.59. The van der Waals surface area contributed by atoms with E-state index in [-0.39, 0.29) is 11.5 Å². The van der Waals surface area contributed by atoms with Gasteiger partial charge in [-0.1, -0.05) is 57.7 Å². The van der Waals surface area contributed by atoms with Gasteiger partial charge in [-0.05, 0) is 5.56 Å². The summed E-state index contributed by atoms with van der Waals surface area (Å²) in [6, 6.07) is 10.2. The van der Waals surface area contributed by atoms with Gasteiger partial charge in [-0.25, -0.2) is 0 Å². The summed E-state index contributed by atoms with van der Waals surface area (Å²) < 4.78 is 5.56. The Morgan fingerprint density at radius 3 is 2.21 bits per heavy atom. The summed E-state index contributed by atoms with van der Waals surface area (Å²) >= 11 is 0. The Hall–Kier alpha value is -1.24. The molecule has 14 heavy (non-hydrogen) atoms. The SMILES string of the molecule is C=COC(c1ccccc1)C(C)(C)C. The van der Waals surface area contributed by atoms with E-state index in [1.807, 2.05) is 18.2 Å². The fourth-order valence-electron chi connectivity index (χ4n) is 1.51. The number of ether oxygens (including phenoxy) is 1. The van der Waals surface area contributed by atoms with E-state index in [1.165, 1.54) is 11.8 Å². The highest BCUT2D eigenvalue weighted by Gasteiger charge is 2.26. The van der Waals surface area contributed by atoms with Gasteiger partial charge in [0.15, 0.2) is 0 Å². The molecule has 0 radical (unpaired) electrons. The van der Waals surface area contributed by atoms with Gasteiger partial charge >= 0.3 is 0 Å². The molecule has 0 aromatic heterocycles. The van der Waals surface area contributed by atoms with E-state index in [1.54, 1.807) is 0 Å². The van der Waals surface area contributed by atoms with E-state index < -0.39 is 0 Å². The van der Waals surface area contributed by atoms with Crippen molar-refractivity contribution in [3.05, 3.63) is 48.7 Å². The maximum Gasteiger partial charge on any atom is 0.128 e. The predicted molar refractivity (Wildman–Crippen MR) is 59.9 cm³/mol. The summed E-state index contributed by atoms with van der Waals surface area (Å²) in [4.78, 5) is 0. The fraction of sp³-hybridized carbons (Fsp3) is 0.385. The van der Waals surface area contributed by atoms with E-state index >= 15 is 0 Å². The van der Waals surface area contributed by atoms with E-state index in [2.05, 4.69) is 39.5 Å². The van der Waals surface area contributed by atoms with Crippen LogP contribution in [-0.2, 0) is 4.74 Å². The Morgan fingerprint density at radius 2 is 1.79 bits per heavy atom. The molecule has 1 atom stereocenters. The van der Waals surface area contributed by atoms with Gasteiger partial charge in [0.05, 0.1) is 6.26 Å². The van der Waals surface area contributed by atoms with Crippen LogP contribution in [0.2, 0.25) is 0 Å². The third-order valence-corrected chi connectivity index (χ3v) is 2.12. The summed E-state index contributed by atoms with van der Waals surface area (Å²) in [5.41, 5.74) is 1.27. The lowest BCUT2D eigenvalue weighted by Crippen LogP contribution is -2.19. The van der Waals surface area contributed by atoms with Crippen molar-refractivity contribution in [2.24, 2.45) is 5.41 Å². The minimum Gasteiger partial charge on any atom is -0.493 e. The van der Waals surface area contributed by atoms with Crippen molar-refractivity contribution in [2.75, 3.05) is 0 Å². The molecule has 1 unspecified atom stereocenters. The van der Waals surface area contributed by atoms with Crippen LogP contribution in [0.15, 0.2) is 43.2 Å². The standard InChI is InChI=1S/C13H18O/c1-5-14-12(13(2,3)4)11-9-7-6-8-10-11/h5-10,12H,1H2,2-4H3. The van der Waals surface area contributed by atoms with Crippen molar-refractivity contribution in [1.29, 1.82) is 0 Å². The quantitative estimate of drug-likeness (QED) is 0.656. The molecule has 0 bridgehead atoms. The first-order valence-corrected chi connectivity index (χ1v) is 4.87. The van der Waals surface area contributed by atoms with Crippen LogP contribution in [0.25, 0.3) is 0 Å². The molecule has 1 nitrogen and oxygen atoms in total. The lowest BCUT2D eigenvalue weighted by Gasteiger charge is -2.30. The van der Waals surface area contributed by atoms with Crippen LogP contribution in [0, 0.1) is 5.41 Å².